The van der Waals surface area contributed by atoms with Crippen molar-refractivity contribution in [1.29, 1.82) is 0 Å². The highest BCUT2D eigenvalue weighted by Gasteiger charge is 2.22. The Labute approximate surface area is 182 Å². The molecule has 1 saturated heterocycles. The van der Waals surface area contributed by atoms with E-state index in [2.05, 4.69) is 33.9 Å². The zero-order chi connectivity index (χ0) is 22.0. The number of hydrogen-bond acceptors (Lipinski definition) is 8. The second-order valence-corrected chi connectivity index (χ2v) is 8.45. The van der Waals surface area contributed by atoms with Gasteiger partial charge in [0.1, 0.15) is 17.8 Å². The van der Waals surface area contributed by atoms with Gasteiger partial charge in [-0.15, -0.1) is 0 Å². The van der Waals surface area contributed by atoms with Gasteiger partial charge in [0.05, 0.1) is 11.9 Å². The molecule has 0 aliphatic carbocycles. The Kier molecular flexibility index (Phi) is 6.47. The molecule has 31 heavy (non-hydrogen) atoms. The van der Waals surface area contributed by atoms with E-state index in [4.69, 9.17) is 10.8 Å². The van der Waals surface area contributed by atoms with Gasteiger partial charge in [-0.2, -0.15) is 5.10 Å². The third-order valence-electron chi connectivity index (χ3n) is 6.12. The van der Waals surface area contributed by atoms with E-state index < -0.39 is 6.29 Å². The third kappa shape index (κ3) is 4.85. The van der Waals surface area contributed by atoms with Gasteiger partial charge in [-0.05, 0) is 45.6 Å². The molecule has 9 nitrogen and oxygen atoms in total. The average Bonchev–Trinajstić information content (AvgIpc) is 3.13. The SMILES string of the molecule is CN(C)C1CCN(CCn2nc(-c3ccc(CC(O)O)cc3)c3c(N)ncnc32)CC1. The molecular formula is C22H31N7O2. The maximum Gasteiger partial charge on any atom is 0.164 e. The summed E-state index contributed by atoms with van der Waals surface area (Å²) in [7, 11) is 4.31. The molecule has 1 fully saturated rings. The summed E-state index contributed by atoms with van der Waals surface area (Å²) in [5.41, 5.74) is 9.42. The summed E-state index contributed by atoms with van der Waals surface area (Å²) in [5.74, 6) is 0.410. The first kappa shape index (κ1) is 21.6. The van der Waals surface area contributed by atoms with Crippen molar-refractivity contribution < 1.29 is 10.2 Å². The summed E-state index contributed by atoms with van der Waals surface area (Å²) in [6.45, 7) is 3.82. The molecule has 0 saturated carbocycles. The van der Waals surface area contributed by atoms with Crippen molar-refractivity contribution in [3.05, 3.63) is 36.2 Å². The van der Waals surface area contributed by atoms with E-state index in [1.165, 1.54) is 19.2 Å². The van der Waals surface area contributed by atoms with E-state index in [-0.39, 0.29) is 6.42 Å². The van der Waals surface area contributed by atoms with Crippen LogP contribution < -0.4 is 5.73 Å². The molecule has 0 atom stereocenters. The first-order valence-electron chi connectivity index (χ1n) is 10.7. The van der Waals surface area contributed by atoms with Crippen LogP contribution in [0.3, 0.4) is 0 Å². The normalized spacial score (nSPS) is 16.1. The van der Waals surface area contributed by atoms with Gasteiger partial charge in [-0.1, -0.05) is 24.3 Å². The standard InChI is InChI=1S/C22H31N7O2/c1-27(2)17-7-9-28(10-8-17)11-12-29-22-19(21(23)24-14-25-22)20(26-29)16-5-3-15(4-6-16)13-18(30)31/h3-6,14,17-18,30-31H,7-13H2,1-2H3,(H2,23,24,25). The maximum atomic E-state index is 9.18. The predicted molar refractivity (Wildman–Crippen MR) is 120 cm³/mol. The monoisotopic (exact) mass is 425 g/mol. The summed E-state index contributed by atoms with van der Waals surface area (Å²) in [6.07, 6.45) is 2.67. The summed E-state index contributed by atoms with van der Waals surface area (Å²) >= 11 is 0. The lowest BCUT2D eigenvalue weighted by molar-refractivity contribution is -0.0381. The van der Waals surface area contributed by atoms with E-state index >= 15 is 0 Å². The van der Waals surface area contributed by atoms with Crippen molar-refractivity contribution in [2.75, 3.05) is 39.5 Å². The molecule has 3 aromatic rings. The number of fused-ring (bicyclic) bond motifs is 1. The molecular weight excluding hydrogens is 394 g/mol. The van der Waals surface area contributed by atoms with Crippen LogP contribution in [-0.2, 0) is 13.0 Å². The Bertz CT molecular complexity index is 1010. The number of piperidine rings is 1. The lowest BCUT2D eigenvalue weighted by Crippen LogP contribution is -2.42. The molecule has 0 unspecified atom stereocenters. The van der Waals surface area contributed by atoms with Gasteiger partial charge in [-0.25, -0.2) is 14.6 Å². The quantitative estimate of drug-likeness (QED) is 0.479. The third-order valence-corrected chi connectivity index (χ3v) is 6.12. The topological polar surface area (TPSA) is 117 Å². The zero-order valence-electron chi connectivity index (χ0n) is 18.1. The number of aromatic nitrogens is 4. The number of anilines is 1. The van der Waals surface area contributed by atoms with Crippen LogP contribution in [-0.4, -0.2) is 85.8 Å². The summed E-state index contributed by atoms with van der Waals surface area (Å²) in [5, 5.41) is 24.0. The van der Waals surface area contributed by atoms with Crippen molar-refractivity contribution in [2.45, 2.75) is 38.1 Å². The van der Waals surface area contributed by atoms with Crippen LogP contribution in [0.15, 0.2) is 30.6 Å². The van der Waals surface area contributed by atoms with E-state index in [1.54, 1.807) is 0 Å². The highest BCUT2D eigenvalue weighted by atomic mass is 16.5. The van der Waals surface area contributed by atoms with Crippen LogP contribution in [0, 0.1) is 0 Å². The van der Waals surface area contributed by atoms with Crippen molar-refractivity contribution >= 4 is 16.9 Å². The maximum absolute atomic E-state index is 9.18. The highest BCUT2D eigenvalue weighted by Crippen LogP contribution is 2.30. The minimum atomic E-state index is -1.36. The van der Waals surface area contributed by atoms with Crippen molar-refractivity contribution in [2.24, 2.45) is 0 Å². The van der Waals surface area contributed by atoms with E-state index in [1.807, 2.05) is 28.9 Å². The van der Waals surface area contributed by atoms with Crippen molar-refractivity contribution in [3.8, 4) is 11.3 Å². The first-order chi connectivity index (χ1) is 14.9. The second kappa shape index (κ2) is 9.27. The number of aliphatic hydroxyl groups excluding tert-OH is 1. The van der Waals surface area contributed by atoms with Crippen LogP contribution in [0.25, 0.3) is 22.3 Å². The smallest absolute Gasteiger partial charge is 0.164 e. The van der Waals surface area contributed by atoms with Gasteiger partial charge in [-0.3, -0.25) is 0 Å². The van der Waals surface area contributed by atoms with Crippen LogP contribution in [0.4, 0.5) is 5.82 Å². The fraction of sp³-hybridized carbons (Fsp3) is 0.500. The molecule has 2 aromatic heterocycles. The molecule has 9 heteroatoms. The van der Waals surface area contributed by atoms with Gasteiger partial charge in [0.25, 0.3) is 0 Å². The summed E-state index contributed by atoms with van der Waals surface area (Å²) in [4.78, 5) is 13.4. The van der Waals surface area contributed by atoms with Crippen LogP contribution in [0.1, 0.15) is 18.4 Å². The van der Waals surface area contributed by atoms with Gasteiger partial charge >= 0.3 is 0 Å². The number of rotatable bonds is 7. The lowest BCUT2D eigenvalue weighted by Gasteiger charge is -2.35. The predicted octanol–water partition coefficient (Wildman–Crippen LogP) is 0.955. The Hall–Kier alpha value is -2.59. The molecule has 0 radical (unpaired) electrons. The fourth-order valence-electron chi connectivity index (χ4n) is 4.29. The first-order valence-corrected chi connectivity index (χ1v) is 10.7. The molecule has 4 rings (SSSR count). The van der Waals surface area contributed by atoms with E-state index in [9.17, 15) is 10.2 Å². The second-order valence-electron chi connectivity index (χ2n) is 8.45. The molecule has 0 amide bonds. The number of likely N-dealkylation sites (tertiary alicyclic amines) is 1. The van der Waals surface area contributed by atoms with Crippen molar-refractivity contribution in [1.82, 2.24) is 29.5 Å². The van der Waals surface area contributed by atoms with Crippen LogP contribution >= 0.6 is 0 Å². The van der Waals surface area contributed by atoms with Gasteiger partial charge in [0.15, 0.2) is 11.9 Å². The summed E-state index contributed by atoms with van der Waals surface area (Å²) in [6, 6.07) is 8.24. The largest absolute Gasteiger partial charge is 0.383 e. The number of nitrogens with two attached hydrogens (primary N) is 1. The zero-order valence-corrected chi connectivity index (χ0v) is 18.1. The van der Waals surface area contributed by atoms with Crippen LogP contribution in [0.5, 0.6) is 0 Å². The Morgan fingerprint density at radius 1 is 1.10 bits per heavy atom. The molecule has 3 heterocycles. The molecule has 1 aromatic carbocycles. The van der Waals surface area contributed by atoms with Crippen molar-refractivity contribution in [3.63, 3.8) is 0 Å². The van der Waals surface area contributed by atoms with Gasteiger partial charge < -0.3 is 25.7 Å². The number of aliphatic hydroxyl groups is 2. The van der Waals surface area contributed by atoms with E-state index in [0.29, 0.717) is 11.9 Å². The average molecular weight is 426 g/mol. The van der Waals surface area contributed by atoms with Gasteiger partial charge in [0, 0.05) is 24.6 Å². The highest BCUT2D eigenvalue weighted by molar-refractivity contribution is 5.98. The Morgan fingerprint density at radius 2 is 1.81 bits per heavy atom. The number of hydrogen-bond donors (Lipinski definition) is 3. The minimum Gasteiger partial charge on any atom is -0.383 e. The lowest BCUT2D eigenvalue weighted by atomic mass is 10.0. The van der Waals surface area contributed by atoms with E-state index in [0.717, 1.165) is 54.0 Å². The molecule has 0 bridgehead atoms. The van der Waals surface area contributed by atoms with Gasteiger partial charge in [0.2, 0.25) is 0 Å². The number of benzene rings is 1. The molecule has 4 N–H and O–H groups in total. The fourth-order valence-corrected chi connectivity index (χ4v) is 4.29. The van der Waals surface area contributed by atoms with Crippen LogP contribution in [0.2, 0.25) is 0 Å². The number of nitrogens with zero attached hydrogens (tertiary/aromatic N) is 6. The Morgan fingerprint density at radius 3 is 2.45 bits per heavy atom. The molecule has 1 aliphatic heterocycles. The Balaban J connectivity index is 1.55. The minimum absolute atomic E-state index is 0.186. The molecule has 1 aliphatic rings. The number of nitrogen functional groups attached to an aromatic ring is 1. The summed E-state index contributed by atoms with van der Waals surface area (Å²) < 4.78 is 1.92. The molecule has 166 valence electrons. The molecule has 0 spiro atoms.